The van der Waals surface area contributed by atoms with Crippen molar-refractivity contribution < 1.29 is 0 Å². The maximum absolute atomic E-state index is 4.69. The Labute approximate surface area is 209 Å². The molecule has 5 aromatic rings. The number of rotatable bonds is 6. The molecule has 1 fully saturated rings. The molecule has 0 amide bonds. The number of aryl methyl sites for hydroxylation is 1. The van der Waals surface area contributed by atoms with Crippen LogP contribution in [0.1, 0.15) is 31.3 Å². The minimum Gasteiger partial charge on any atom is -0.354 e. The Bertz CT molecular complexity index is 1510. The van der Waals surface area contributed by atoms with E-state index in [1.54, 1.807) is 0 Å². The fourth-order valence-electron chi connectivity index (χ4n) is 4.90. The number of fused-ring (bicyclic) bond motifs is 2. The third-order valence-corrected chi connectivity index (χ3v) is 6.68. The van der Waals surface area contributed by atoms with Gasteiger partial charge in [0.1, 0.15) is 17.3 Å². The fourth-order valence-corrected chi connectivity index (χ4v) is 4.90. The molecule has 36 heavy (non-hydrogen) atoms. The van der Waals surface area contributed by atoms with Gasteiger partial charge in [0.15, 0.2) is 5.65 Å². The molecule has 5 aromatic heterocycles. The van der Waals surface area contributed by atoms with Crippen LogP contribution in [-0.2, 0) is 6.54 Å². The second kappa shape index (κ2) is 9.19. The van der Waals surface area contributed by atoms with Gasteiger partial charge < -0.3 is 25.1 Å². The van der Waals surface area contributed by atoms with Crippen molar-refractivity contribution in [3.8, 4) is 11.1 Å². The predicted octanol–water partition coefficient (Wildman–Crippen LogP) is 3.68. The number of hydrogen-bond acceptors (Lipinski definition) is 8. The smallest absolute Gasteiger partial charge is 0.224 e. The van der Waals surface area contributed by atoms with Crippen molar-refractivity contribution in [1.29, 1.82) is 0 Å². The number of nitrogens with one attached hydrogen (secondary N) is 3. The van der Waals surface area contributed by atoms with Crippen molar-refractivity contribution in [3.05, 3.63) is 54.4 Å². The highest BCUT2D eigenvalue weighted by atomic mass is 15.2. The maximum Gasteiger partial charge on any atom is 0.224 e. The number of hydrogen-bond donors (Lipinski definition) is 3. The van der Waals surface area contributed by atoms with Crippen molar-refractivity contribution in [2.75, 3.05) is 36.4 Å². The number of anilines is 2. The minimum absolute atomic E-state index is 0.306. The van der Waals surface area contributed by atoms with Crippen molar-refractivity contribution in [2.24, 2.45) is 0 Å². The molecule has 1 saturated heterocycles. The molecule has 6 rings (SSSR count). The van der Waals surface area contributed by atoms with Crippen molar-refractivity contribution in [1.82, 2.24) is 39.8 Å². The van der Waals surface area contributed by atoms with Crippen LogP contribution in [0.5, 0.6) is 0 Å². The first kappa shape index (κ1) is 22.4. The Morgan fingerprint density at radius 3 is 2.67 bits per heavy atom. The molecule has 0 saturated carbocycles. The molecule has 184 valence electrons. The van der Waals surface area contributed by atoms with Crippen molar-refractivity contribution in [2.45, 2.75) is 33.4 Å². The van der Waals surface area contributed by atoms with Gasteiger partial charge in [0.2, 0.25) is 5.95 Å². The Morgan fingerprint density at radius 2 is 1.89 bits per heavy atom. The van der Waals surface area contributed by atoms with Crippen molar-refractivity contribution >= 4 is 34.0 Å². The molecule has 1 aliphatic rings. The number of pyridine rings is 2. The minimum atomic E-state index is 0.306. The van der Waals surface area contributed by atoms with Crippen LogP contribution in [0, 0.1) is 6.92 Å². The quantitative estimate of drug-likeness (QED) is 0.336. The van der Waals surface area contributed by atoms with E-state index in [1.807, 2.05) is 31.7 Å². The van der Waals surface area contributed by atoms with Crippen molar-refractivity contribution in [3.63, 3.8) is 0 Å². The molecule has 1 aliphatic heterocycles. The molecule has 0 aliphatic carbocycles. The van der Waals surface area contributed by atoms with Crippen LogP contribution in [0.4, 0.5) is 11.8 Å². The largest absolute Gasteiger partial charge is 0.354 e. The van der Waals surface area contributed by atoms with E-state index in [4.69, 9.17) is 0 Å². The summed E-state index contributed by atoms with van der Waals surface area (Å²) in [6, 6.07) is 6.64. The summed E-state index contributed by atoms with van der Waals surface area (Å²) in [6.07, 6.45) is 7.61. The van der Waals surface area contributed by atoms with E-state index in [0.29, 0.717) is 18.5 Å². The summed E-state index contributed by atoms with van der Waals surface area (Å²) in [7, 11) is 0. The van der Waals surface area contributed by atoms with Gasteiger partial charge in [-0.15, -0.1) is 0 Å². The summed E-state index contributed by atoms with van der Waals surface area (Å²) in [5.74, 6) is 2.57. The lowest BCUT2D eigenvalue weighted by molar-refractivity contribution is 0.585. The van der Waals surface area contributed by atoms with Crippen LogP contribution in [0.25, 0.3) is 33.3 Å². The molecule has 10 heteroatoms. The SMILES string of the molecule is Cc1nc2ncc(-c3c[nH]c4nc(NCc5ccc(N6CCNCC6)nc5)ncc34)cc2n1C(C)C. The number of H-pyrrole nitrogens is 1. The Morgan fingerprint density at radius 1 is 1.03 bits per heavy atom. The predicted molar refractivity (Wildman–Crippen MR) is 142 cm³/mol. The van der Waals surface area contributed by atoms with Crippen LogP contribution < -0.4 is 15.5 Å². The van der Waals surface area contributed by atoms with Crippen LogP contribution in [-0.4, -0.2) is 60.6 Å². The van der Waals surface area contributed by atoms with Gasteiger partial charge in [-0.2, -0.15) is 4.98 Å². The normalized spacial score (nSPS) is 14.3. The first-order valence-electron chi connectivity index (χ1n) is 12.4. The summed E-state index contributed by atoms with van der Waals surface area (Å²) in [5, 5.41) is 7.64. The van der Waals surface area contributed by atoms with Crippen LogP contribution in [0.2, 0.25) is 0 Å². The number of aromatic nitrogens is 7. The zero-order valence-corrected chi connectivity index (χ0v) is 20.8. The Kier molecular flexibility index (Phi) is 5.73. The number of nitrogens with zero attached hydrogens (tertiary/aromatic N) is 7. The van der Waals surface area contributed by atoms with Gasteiger partial charge in [-0.1, -0.05) is 6.07 Å². The highest BCUT2D eigenvalue weighted by Gasteiger charge is 2.15. The first-order valence-corrected chi connectivity index (χ1v) is 12.4. The second-order valence-electron chi connectivity index (χ2n) is 9.46. The van der Waals surface area contributed by atoms with Gasteiger partial charge in [-0.05, 0) is 38.5 Å². The summed E-state index contributed by atoms with van der Waals surface area (Å²) in [4.78, 5) is 28.7. The third-order valence-electron chi connectivity index (χ3n) is 6.68. The zero-order chi connectivity index (χ0) is 24.6. The van der Waals surface area contributed by atoms with Gasteiger partial charge >= 0.3 is 0 Å². The molecule has 0 aromatic carbocycles. The molecule has 10 nitrogen and oxygen atoms in total. The van der Waals surface area contributed by atoms with Gasteiger partial charge in [0.25, 0.3) is 0 Å². The highest BCUT2D eigenvalue weighted by Crippen LogP contribution is 2.30. The molecule has 3 N–H and O–H groups in total. The molecule has 0 radical (unpaired) electrons. The average Bonchev–Trinajstić information content (AvgIpc) is 3.47. The van der Waals surface area contributed by atoms with Gasteiger partial charge in [0.05, 0.1) is 5.52 Å². The summed E-state index contributed by atoms with van der Waals surface area (Å²) < 4.78 is 2.21. The van der Waals surface area contributed by atoms with Crippen LogP contribution >= 0.6 is 0 Å². The fraction of sp³-hybridized carbons (Fsp3) is 0.346. The molecular weight excluding hydrogens is 452 g/mol. The van der Waals surface area contributed by atoms with E-state index in [-0.39, 0.29) is 0 Å². The molecule has 0 bridgehead atoms. The maximum atomic E-state index is 4.69. The Balaban J connectivity index is 1.20. The van der Waals surface area contributed by atoms with Gasteiger partial charge in [-0.3, -0.25) is 0 Å². The molecule has 6 heterocycles. The van der Waals surface area contributed by atoms with E-state index in [9.17, 15) is 0 Å². The third kappa shape index (κ3) is 4.13. The topological polar surface area (TPSA) is 112 Å². The lowest BCUT2D eigenvalue weighted by Crippen LogP contribution is -2.43. The highest BCUT2D eigenvalue weighted by molar-refractivity contribution is 5.95. The van der Waals surface area contributed by atoms with E-state index < -0.39 is 0 Å². The number of piperazine rings is 1. The Hall–Kier alpha value is -4.05. The molecule has 0 spiro atoms. The van der Waals surface area contributed by atoms with E-state index in [1.165, 1.54) is 0 Å². The van der Waals surface area contributed by atoms with Crippen LogP contribution in [0.3, 0.4) is 0 Å². The zero-order valence-electron chi connectivity index (χ0n) is 20.8. The average molecular weight is 483 g/mol. The van der Waals surface area contributed by atoms with Gasteiger partial charge in [-0.25, -0.2) is 19.9 Å². The monoisotopic (exact) mass is 482 g/mol. The second-order valence-corrected chi connectivity index (χ2v) is 9.46. The summed E-state index contributed by atoms with van der Waals surface area (Å²) >= 11 is 0. The van der Waals surface area contributed by atoms with Crippen LogP contribution in [0.15, 0.2) is 43.0 Å². The van der Waals surface area contributed by atoms with E-state index >= 15 is 0 Å². The molecule has 0 atom stereocenters. The summed E-state index contributed by atoms with van der Waals surface area (Å²) in [6.45, 7) is 10.9. The standard InChI is InChI=1S/C26H30N10/c1-16(2)36-17(3)33-25-22(36)10-19(13-29-25)20-14-30-24-21(20)15-32-26(34-24)31-12-18-4-5-23(28-11-18)35-8-6-27-7-9-35/h4-5,10-11,13-16,27H,6-9,12H2,1-3H3,(H2,30,31,32,34). The van der Waals surface area contributed by atoms with Gasteiger partial charge in [0, 0.05) is 80.1 Å². The molecular formula is C26H30N10. The number of imidazole rings is 1. The number of aromatic amines is 1. The lowest BCUT2D eigenvalue weighted by Gasteiger charge is -2.28. The first-order chi connectivity index (χ1) is 17.6. The summed E-state index contributed by atoms with van der Waals surface area (Å²) in [5.41, 5.74) is 5.70. The molecule has 0 unspecified atom stereocenters. The lowest BCUT2D eigenvalue weighted by atomic mass is 10.1. The van der Waals surface area contributed by atoms with E-state index in [2.05, 4.69) is 82.1 Å². The van der Waals surface area contributed by atoms with E-state index in [0.717, 1.165) is 76.7 Å².